The minimum Gasteiger partial charge on any atom is -0.465 e. The Morgan fingerprint density at radius 1 is 1.10 bits per heavy atom. The molecule has 0 atom stereocenters. The fraction of sp³-hybridized carbons (Fsp3) is 0.455. The maximum atomic E-state index is 11.3. The molecule has 1 aromatic carbocycles. The lowest BCUT2D eigenvalue weighted by Gasteiger charge is -2.32. The zero-order valence-corrected chi connectivity index (χ0v) is 17.4. The van der Waals surface area contributed by atoms with Gasteiger partial charge in [0.25, 0.3) is 0 Å². The molecule has 1 aliphatic heterocycles. The molecule has 0 bridgehead atoms. The molecule has 6 nitrogen and oxygen atoms in total. The Morgan fingerprint density at radius 3 is 2.24 bits per heavy atom. The molecular weight excluding hydrogens is 367 g/mol. The summed E-state index contributed by atoms with van der Waals surface area (Å²) in [5.74, 6) is 0. The lowest BCUT2D eigenvalue weighted by Crippen LogP contribution is -2.43. The molecule has 2 aliphatic rings. The van der Waals surface area contributed by atoms with Crippen molar-refractivity contribution in [1.82, 2.24) is 10.3 Å². The van der Waals surface area contributed by atoms with Gasteiger partial charge in [0.15, 0.2) is 0 Å². The Labute approximate surface area is 171 Å². The molecule has 0 unspecified atom stereocenters. The fourth-order valence-electron chi connectivity index (χ4n) is 4.20. The van der Waals surface area contributed by atoms with Gasteiger partial charge in [0.1, 0.15) is 0 Å². The average molecular weight is 394 g/mol. The molecule has 1 aromatic heterocycles. The number of aromatic nitrogens is 1. The van der Waals surface area contributed by atoms with Crippen LogP contribution in [0.15, 0.2) is 42.6 Å². The monoisotopic (exact) mass is 394 g/mol. The second-order valence-electron chi connectivity index (χ2n) is 9.12. The zero-order valence-electron chi connectivity index (χ0n) is 17.4. The fourth-order valence-corrected chi connectivity index (χ4v) is 4.20. The van der Waals surface area contributed by atoms with Crippen molar-refractivity contribution in [2.45, 2.75) is 57.2 Å². The minimum atomic E-state index is -1.03. The molecular formula is C22H27BN2O4. The van der Waals surface area contributed by atoms with E-state index >= 15 is 0 Å². The van der Waals surface area contributed by atoms with Crippen molar-refractivity contribution < 1.29 is 19.2 Å². The number of rotatable bonds is 4. The highest BCUT2D eigenvalue weighted by Crippen LogP contribution is 2.39. The van der Waals surface area contributed by atoms with Crippen molar-refractivity contribution in [3.8, 4) is 0 Å². The van der Waals surface area contributed by atoms with Crippen LogP contribution in [0, 0.1) is 0 Å². The molecule has 2 N–H and O–H groups in total. The summed E-state index contributed by atoms with van der Waals surface area (Å²) in [5.41, 5.74) is 2.96. The van der Waals surface area contributed by atoms with Crippen LogP contribution in [0.4, 0.5) is 4.79 Å². The highest BCUT2D eigenvalue weighted by Gasteiger charge is 2.52. The van der Waals surface area contributed by atoms with Crippen LogP contribution in [0.3, 0.4) is 0 Å². The third kappa shape index (κ3) is 3.53. The van der Waals surface area contributed by atoms with Gasteiger partial charge in [0.05, 0.1) is 11.2 Å². The molecule has 1 saturated heterocycles. The van der Waals surface area contributed by atoms with E-state index in [-0.39, 0.29) is 0 Å². The van der Waals surface area contributed by atoms with Gasteiger partial charge in [-0.25, -0.2) is 4.79 Å². The first-order valence-corrected chi connectivity index (χ1v) is 9.98. The first-order chi connectivity index (χ1) is 13.6. The number of benzene rings is 1. The molecule has 29 heavy (non-hydrogen) atoms. The molecule has 152 valence electrons. The summed E-state index contributed by atoms with van der Waals surface area (Å²) in [6.07, 6.45) is 2.22. The van der Waals surface area contributed by atoms with Crippen LogP contribution in [-0.4, -0.2) is 41.0 Å². The van der Waals surface area contributed by atoms with Crippen molar-refractivity contribution in [2.24, 2.45) is 0 Å². The Balaban J connectivity index is 1.68. The van der Waals surface area contributed by atoms with E-state index in [1.165, 1.54) is 11.1 Å². The van der Waals surface area contributed by atoms with E-state index in [1.807, 2.05) is 52.0 Å². The molecule has 0 saturated carbocycles. The Hall–Kier alpha value is -2.38. The maximum Gasteiger partial charge on any atom is 0.494 e. The summed E-state index contributed by atoms with van der Waals surface area (Å²) in [7, 11) is -0.477. The largest absolute Gasteiger partial charge is 0.494 e. The number of hydrogen-bond donors (Lipinski definition) is 2. The van der Waals surface area contributed by atoms with Crippen LogP contribution in [0.5, 0.6) is 0 Å². The normalized spacial score (nSPS) is 21.0. The number of carbonyl (C=O) groups is 1. The molecule has 1 amide bonds. The number of hydrogen-bond acceptors (Lipinski definition) is 4. The van der Waals surface area contributed by atoms with Gasteiger partial charge >= 0.3 is 13.2 Å². The van der Waals surface area contributed by atoms with Gasteiger partial charge < -0.3 is 19.7 Å². The molecule has 0 radical (unpaired) electrons. The number of nitrogens with zero attached hydrogens (tertiary/aromatic N) is 1. The highest BCUT2D eigenvalue weighted by molar-refractivity contribution is 6.62. The van der Waals surface area contributed by atoms with Crippen molar-refractivity contribution >= 4 is 18.7 Å². The van der Waals surface area contributed by atoms with E-state index in [1.54, 1.807) is 6.20 Å². The molecule has 2 aromatic rings. The van der Waals surface area contributed by atoms with Crippen molar-refractivity contribution in [2.75, 3.05) is 6.54 Å². The van der Waals surface area contributed by atoms with E-state index in [0.29, 0.717) is 6.54 Å². The van der Waals surface area contributed by atoms with E-state index in [4.69, 9.17) is 9.31 Å². The molecule has 0 spiro atoms. The van der Waals surface area contributed by atoms with Crippen LogP contribution < -0.4 is 10.8 Å². The average Bonchev–Trinajstić information content (AvgIpc) is 3.15. The lowest BCUT2D eigenvalue weighted by molar-refractivity contribution is 0.00578. The van der Waals surface area contributed by atoms with Gasteiger partial charge in [0, 0.05) is 23.9 Å². The van der Waals surface area contributed by atoms with Crippen molar-refractivity contribution in [3.63, 3.8) is 0 Å². The van der Waals surface area contributed by atoms with Gasteiger partial charge in [-0.15, -0.1) is 0 Å². The SMILES string of the molecule is CC1(C)OB(c2ccnc(C3(CNC(=O)O)Cc4ccccc4C3)c2)OC1(C)C. The van der Waals surface area contributed by atoms with Crippen LogP contribution in [0.25, 0.3) is 0 Å². The van der Waals surface area contributed by atoms with E-state index < -0.39 is 29.8 Å². The van der Waals surface area contributed by atoms with Gasteiger partial charge in [-0.2, -0.15) is 0 Å². The highest BCUT2D eigenvalue weighted by atomic mass is 16.7. The van der Waals surface area contributed by atoms with Gasteiger partial charge in [-0.3, -0.25) is 4.98 Å². The zero-order chi connectivity index (χ0) is 20.9. The summed E-state index contributed by atoms with van der Waals surface area (Å²) >= 11 is 0. The second kappa shape index (κ2) is 6.85. The van der Waals surface area contributed by atoms with Crippen molar-refractivity contribution in [1.29, 1.82) is 0 Å². The van der Waals surface area contributed by atoms with Crippen molar-refractivity contribution in [3.05, 3.63) is 59.4 Å². The first kappa shape index (κ1) is 19.9. The number of carboxylic acid groups (broad SMARTS) is 1. The topological polar surface area (TPSA) is 80.7 Å². The molecule has 7 heteroatoms. The summed E-state index contributed by atoms with van der Waals surface area (Å²) in [6, 6.07) is 12.2. The molecule has 4 rings (SSSR count). The summed E-state index contributed by atoms with van der Waals surface area (Å²) in [5, 5.41) is 11.8. The van der Waals surface area contributed by atoms with Gasteiger partial charge in [-0.05, 0) is 69.3 Å². The smallest absolute Gasteiger partial charge is 0.465 e. The maximum absolute atomic E-state index is 11.3. The Kier molecular flexibility index (Phi) is 4.71. The standard InChI is InChI=1S/C22H27BN2O4/c1-20(2)21(3,4)29-23(28-20)17-9-10-24-18(11-17)22(14-25-19(26)27)12-15-7-5-6-8-16(15)13-22/h5-11,25H,12-14H2,1-4H3,(H,26,27). The number of pyridine rings is 1. The molecule has 1 aliphatic carbocycles. The Bertz CT molecular complexity index is 903. The number of fused-ring (bicyclic) bond motifs is 1. The van der Waals surface area contributed by atoms with Crippen LogP contribution in [0.1, 0.15) is 44.5 Å². The summed E-state index contributed by atoms with van der Waals surface area (Å²) < 4.78 is 12.4. The summed E-state index contributed by atoms with van der Waals surface area (Å²) in [4.78, 5) is 15.9. The number of nitrogens with one attached hydrogen (secondary N) is 1. The van der Waals surface area contributed by atoms with Gasteiger partial charge in [0.2, 0.25) is 0 Å². The second-order valence-corrected chi connectivity index (χ2v) is 9.12. The predicted octanol–water partition coefficient (Wildman–Crippen LogP) is 2.69. The third-order valence-electron chi connectivity index (χ3n) is 6.61. The molecule has 1 fully saturated rings. The summed E-state index contributed by atoms with van der Waals surface area (Å²) in [6.45, 7) is 8.42. The van der Waals surface area contributed by atoms with Gasteiger partial charge in [-0.1, -0.05) is 24.3 Å². The number of amides is 1. The lowest BCUT2D eigenvalue weighted by atomic mass is 9.75. The van der Waals surface area contributed by atoms with Crippen LogP contribution >= 0.6 is 0 Å². The third-order valence-corrected chi connectivity index (χ3v) is 6.61. The quantitative estimate of drug-likeness (QED) is 0.780. The van der Waals surface area contributed by atoms with E-state index in [0.717, 1.165) is 24.0 Å². The Morgan fingerprint density at radius 2 is 1.69 bits per heavy atom. The van der Waals surface area contributed by atoms with E-state index in [2.05, 4.69) is 22.4 Å². The van der Waals surface area contributed by atoms with Crippen LogP contribution in [-0.2, 0) is 27.6 Å². The predicted molar refractivity (Wildman–Crippen MR) is 112 cm³/mol. The minimum absolute atomic E-state index is 0.302. The van der Waals surface area contributed by atoms with Crippen LogP contribution in [0.2, 0.25) is 0 Å². The first-order valence-electron chi connectivity index (χ1n) is 9.98. The molecule has 2 heterocycles. The van der Waals surface area contributed by atoms with E-state index in [9.17, 15) is 9.90 Å².